The van der Waals surface area contributed by atoms with E-state index in [0.29, 0.717) is 0 Å². The smallest absolute Gasteiger partial charge is 0.360 e. The number of alkyl halides is 3. The van der Waals surface area contributed by atoms with E-state index in [1.807, 2.05) is 0 Å². The molecular formula is C11H5ClF3N3. The highest BCUT2D eigenvalue weighted by atomic mass is 35.5. The second-order valence-electron chi connectivity index (χ2n) is 3.15. The van der Waals surface area contributed by atoms with E-state index >= 15 is 0 Å². The molecule has 0 aliphatic heterocycles. The molecule has 0 aliphatic rings. The van der Waals surface area contributed by atoms with Crippen molar-refractivity contribution in [3.63, 3.8) is 0 Å². The van der Waals surface area contributed by atoms with Crippen LogP contribution in [-0.4, -0.2) is 0 Å². The van der Waals surface area contributed by atoms with Crippen LogP contribution in [0.2, 0.25) is 5.02 Å². The Morgan fingerprint density at radius 3 is 2.33 bits per heavy atom. The number of nitrogens with zero attached hydrogens (tertiary/aromatic N) is 2. The summed E-state index contributed by atoms with van der Waals surface area (Å²) in [6.07, 6.45) is -3.51. The molecule has 0 heterocycles. The van der Waals surface area contributed by atoms with Crippen LogP contribution in [0.25, 0.3) is 0 Å². The lowest BCUT2D eigenvalue weighted by molar-refractivity contribution is -0.137. The third-order valence-electron chi connectivity index (χ3n) is 1.85. The van der Waals surface area contributed by atoms with Gasteiger partial charge in [-0.1, -0.05) is 11.6 Å². The first-order valence-electron chi connectivity index (χ1n) is 4.51. The lowest BCUT2D eigenvalue weighted by atomic mass is 10.2. The Labute approximate surface area is 106 Å². The van der Waals surface area contributed by atoms with Crippen LogP contribution in [0.5, 0.6) is 0 Å². The summed E-state index contributed by atoms with van der Waals surface area (Å²) < 4.78 is 37.4. The molecule has 0 fully saturated rings. The van der Waals surface area contributed by atoms with Gasteiger partial charge in [0.1, 0.15) is 17.7 Å². The highest BCUT2D eigenvalue weighted by Gasteiger charge is 2.31. The van der Waals surface area contributed by atoms with Crippen molar-refractivity contribution in [1.82, 2.24) is 0 Å². The van der Waals surface area contributed by atoms with Crippen molar-refractivity contribution in [2.45, 2.75) is 6.18 Å². The quantitative estimate of drug-likeness (QED) is 0.834. The van der Waals surface area contributed by atoms with Crippen LogP contribution in [0, 0.1) is 22.7 Å². The Bertz CT molecular complexity index is 548. The molecule has 0 spiro atoms. The first kappa shape index (κ1) is 13.9. The van der Waals surface area contributed by atoms with Crippen molar-refractivity contribution in [3.05, 3.63) is 40.6 Å². The first-order valence-corrected chi connectivity index (χ1v) is 4.89. The van der Waals surface area contributed by atoms with Crippen molar-refractivity contribution in [1.29, 1.82) is 10.5 Å². The van der Waals surface area contributed by atoms with Crippen molar-refractivity contribution in [2.75, 3.05) is 5.32 Å². The lowest BCUT2D eigenvalue weighted by Crippen LogP contribution is -2.05. The van der Waals surface area contributed by atoms with Gasteiger partial charge in [-0.15, -0.1) is 0 Å². The van der Waals surface area contributed by atoms with Crippen molar-refractivity contribution in [2.24, 2.45) is 0 Å². The number of hydrogen-bond acceptors (Lipinski definition) is 3. The minimum absolute atomic E-state index is 0.0397. The maximum Gasteiger partial charge on any atom is 0.416 e. The standard InChI is InChI=1S/C11H5ClF3N3/c12-9-1-8(11(13,14)15)2-10(3-9)18-6-7(4-16)5-17/h1-3,6,18H. The summed E-state index contributed by atoms with van der Waals surface area (Å²) in [4.78, 5) is 0. The predicted octanol–water partition coefficient (Wildman–Crippen LogP) is 3.70. The Kier molecular flexibility index (Phi) is 4.19. The van der Waals surface area contributed by atoms with Gasteiger partial charge in [-0.05, 0) is 18.2 Å². The number of hydrogen-bond donors (Lipinski definition) is 1. The molecule has 92 valence electrons. The Morgan fingerprint density at radius 1 is 1.22 bits per heavy atom. The zero-order chi connectivity index (χ0) is 13.8. The highest BCUT2D eigenvalue weighted by Crippen LogP contribution is 2.33. The summed E-state index contributed by atoms with van der Waals surface area (Å²) in [7, 11) is 0. The zero-order valence-electron chi connectivity index (χ0n) is 8.72. The molecule has 0 saturated carbocycles. The highest BCUT2D eigenvalue weighted by molar-refractivity contribution is 6.30. The third-order valence-corrected chi connectivity index (χ3v) is 2.07. The van der Waals surface area contributed by atoms with E-state index in [1.165, 1.54) is 6.07 Å². The van der Waals surface area contributed by atoms with E-state index in [9.17, 15) is 13.2 Å². The van der Waals surface area contributed by atoms with Crippen LogP contribution in [0.1, 0.15) is 5.56 Å². The summed E-state index contributed by atoms with van der Waals surface area (Å²) in [6.45, 7) is 0. The summed E-state index contributed by atoms with van der Waals surface area (Å²) in [6, 6.07) is 5.99. The normalized spacial score (nSPS) is 10.1. The van der Waals surface area contributed by atoms with Gasteiger partial charge < -0.3 is 5.32 Å². The van der Waals surface area contributed by atoms with Crippen molar-refractivity contribution in [3.8, 4) is 12.1 Å². The van der Waals surface area contributed by atoms with Gasteiger partial charge in [-0.3, -0.25) is 0 Å². The van der Waals surface area contributed by atoms with E-state index < -0.39 is 11.7 Å². The van der Waals surface area contributed by atoms with Gasteiger partial charge in [0, 0.05) is 16.9 Å². The van der Waals surface area contributed by atoms with Gasteiger partial charge >= 0.3 is 6.18 Å². The van der Waals surface area contributed by atoms with E-state index in [2.05, 4.69) is 5.32 Å². The molecule has 0 aliphatic carbocycles. The molecule has 1 aromatic rings. The molecule has 0 radical (unpaired) electrons. The summed E-state index contributed by atoms with van der Waals surface area (Å²) in [5, 5.41) is 19.2. The van der Waals surface area contributed by atoms with Crippen molar-refractivity contribution < 1.29 is 13.2 Å². The molecule has 3 nitrogen and oxygen atoms in total. The fourth-order valence-electron chi connectivity index (χ4n) is 1.08. The number of anilines is 1. The molecule has 18 heavy (non-hydrogen) atoms. The minimum Gasteiger partial charge on any atom is -0.360 e. The van der Waals surface area contributed by atoms with E-state index in [-0.39, 0.29) is 16.3 Å². The monoisotopic (exact) mass is 271 g/mol. The molecule has 0 atom stereocenters. The molecule has 1 rings (SSSR count). The molecule has 0 saturated heterocycles. The summed E-state index contributed by atoms with van der Waals surface area (Å²) >= 11 is 5.55. The largest absolute Gasteiger partial charge is 0.416 e. The number of halogens is 4. The molecule has 0 aromatic heterocycles. The molecule has 0 unspecified atom stereocenters. The van der Waals surface area contributed by atoms with Crippen molar-refractivity contribution >= 4 is 17.3 Å². The molecule has 1 aromatic carbocycles. The van der Waals surface area contributed by atoms with E-state index in [4.69, 9.17) is 22.1 Å². The fraction of sp³-hybridized carbons (Fsp3) is 0.0909. The SMILES string of the molecule is N#CC(C#N)=CNc1cc(Cl)cc(C(F)(F)F)c1. The second kappa shape index (κ2) is 5.44. The van der Waals surface area contributed by atoms with Crippen LogP contribution >= 0.6 is 11.6 Å². The maximum atomic E-state index is 12.5. The van der Waals surface area contributed by atoms with E-state index in [0.717, 1.165) is 18.3 Å². The summed E-state index contributed by atoms with van der Waals surface area (Å²) in [5.74, 6) is 0. The number of nitriles is 2. The second-order valence-corrected chi connectivity index (χ2v) is 3.59. The molecule has 0 amide bonds. The number of nitrogens with one attached hydrogen (secondary N) is 1. The summed E-state index contributed by atoms with van der Waals surface area (Å²) in [5.41, 5.74) is -1.14. The fourth-order valence-corrected chi connectivity index (χ4v) is 1.32. The van der Waals surface area contributed by atoms with Crippen LogP contribution in [0.4, 0.5) is 18.9 Å². The van der Waals surface area contributed by atoms with Gasteiger partial charge in [0.25, 0.3) is 0 Å². The van der Waals surface area contributed by atoms with Gasteiger partial charge in [0.05, 0.1) is 5.56 Å². The third kappa shape index (κ3) is 3.69. The van der Waals surface area contributed by atoms with Crippen LogP contribution in [-0.2, 0) is 6.18 Å². The van der Waals surface area contributed by atoms with E-state index in [1.54, 1.807) is 12.1 Å². The molecule has 7 heteroatoms. The van der Waals surface area contributed by atoms with Crippen LogP contribution < -0.4 is 5.32 Å². The van der Waals surface area contributed by atoms with Gasteiger partial charge in [-0.2, -0.15) is 23.7 Å². The average molecular weight is 272 g/mol. The molecule has 0 bridgehead atoms. The maximum absolute atomic E-state index is 12.5. The molecule has 1 N–H and O–H groups in total. The average Bonchev–Trinajstić information content (AvgIpc) is 2.28. The van der Waals surface area contributed by atoms with Gasteiger partial charge in [-0.25, -0.2) is 0 Å². The first-order chi connectivity index (χ1) is 8.36. The topological polar surface area (TPSA) is 59.6 Å². The predicted molar refractivity (Wildman–Crippen MR) is 59.4 cm³/mol. The van der Waals surface area contributed by atoms with Crippen LogP contribution in [0.15, 0.2) is 30.0 Å². The lowest BCUT2D eigenvalue weighted by Gasteiger charge is -2.09. The minimum atomic E-state index is -4.52. The van der Waals surface area contributed by atoms with Crippen LogP contribution in [0.3, 0.4) is 0 Å². The molecular weight excluding hydrogens is 267 g/mol. The van der Waals surface area contributed by atoms with Gasteiger partial charge in [0.2, 0.25) is 0 Å². The Hall–Kier alpha value is -2.18. The zero-order valence-corrected chi connectivity index (χ0v) is 9.47. The number of benzene rings is 1. The Balaban J connectivity index is 3.06. The Morgan fingerprint density at radius 2 is 1.83 bits per heavy atom. The number of rotatable bonds is 2. The number of allylic oxidation sites excluding steroid dienone is 1. The van der Waals surface area contributed by atoms with Gasteiger partial charge in [0.15, 0.2) is 0 Å².